The van der Waals surface area contributed by atoms with Gasteiger partial charge in [-0.05, 0) is 18.2 Å². The van der Waals surface area contributed by atoms with Crippen LogP contribution in [0, 0.1) is 0 Å². The van der Waals surface area contributed by atoms with Gasteiger partial charge in [0.25, 0.3) is 0 Å². The normalized spacial score (nSPS) is 8.69. The molecule has 2 N–H and O–H groups in total. The fraction of sp³-hybridized carbons (Fsp3) is 0.125. The summed E-state index contributed by atoms with van der Waals surface area (Å²) in [6, 6.07) is 4.03. The minimum atomic E-state index is -1.17. The maximum Gasteiger partial charge on any atom is 0.339 e. The van der Waals surface area contributed by atoms with Crippen LogP contribution in [-0.2, 0) is 0 Å². The Bertz CT molecular complexity index is 311. The molecule has 0 heterocycles. The molecule has 5 heteroatoms. The van der Waals surface area contributed by atoms with E-state index in [0.717, 1.165) is 0 Å². The molecule has 0 aliphatic rings. The van der Waals surface area contributed by atoms with Crippen molar-refractivity contribution >= 4 is 29.9 Å². The highest BCUT2D eigenvalue weighted by Crippen LogP contribution is 2.22. The highest BCUT2D eigenvalue weighted by atomic mass is 127. The van der Waals surface area contributed by atoms with Gasteiger partial charge >= 0.3 is 5.97 Å². The van der Waals surface area contributed by atoms with E-state index >= 15 is 0 Å². The van der Waals surface area contributed by atoms with E-state index in [0.29, 0.717) is 5.75 Å². The molecule has 1 aromatic carbocycles. The highest BCUT2D eigenvalue weighted by Gasteiger charge is 2.09. The lowest BCUT2D eigenvalue weighted by Gasteiger charge is -2.02. The van der Waals surface area contributed by atoms with E-state index in [1.165, 1.54) is 25.3 Å². The van der Waals surface area contributed by atoms with Crippen LogP contribution in [0.5, 0.6) is 11.5 Å². The van der Waals surface area contributed by atoms with Crippen molar-refractivity contribution in [3.05, 3.63) is 23.8 Å². The zero-order valence-electron chi connectivity index (χ0n) is 6.85. The molecule has 0 aliphatic heterocycles. The standard InChI is InChI=1S/C8H8O4.HI/c1-12-5-2-3-7(9)6(4-5)8(10)11;/h2-4,9H,1H3,(H,10,11);1H. The lowest BCUT2D eigenvalue weighted by Crippen LogP contribution is -1.97. The largest absolute Gasteiger partial charge is 0.507 e. The van der Waals surface area contributed by atoms with E-state index in [1.54, 1.807) is 0 Å². The van der Waals surface area contributed by atoms with Crippen molar-refractivity contribution in [3.8, 4) is 11.5 Å². The summed E-state index contributed by atoms with van der Waals surface area (Å²) in [4.78, 5) is 10.5. The Morgan fingerprint density at radius 2 is 2.08 bits per heavy atom. The number of carboxylic acids is 1. The van der Waals surface area contributed by atoms with Crippen LogP contribution >= 0.6 is 24.0 Å². The number of halogens is 1. The lowest BCUT2D eigenvalue weighted by molar-refractivity contribution is 0.0693. The van der Waals surface area contributed by atoms with Crippen LogP contribution in [0.3, 0.4) is 0 Å². The summed E-state index contributed by atoms with van der Waals surface area (Å²) in [5, 5.41) is 17.6. The van der Waals surface area contributed by atoms with E-state index in [9.17, 15) is 4.79 Å². The molecule has 4 nitrogen and oxygen atoms in total. The molecule has 0 aromatic heterocycles. The van der Waals surface area contributed by atoms with Gasteiger partial charge in [-0.1, -0.05) is 0 Å². The average Bonchev–Trinajstić information content (AvgIpc) is 2.05. The van der Waals surface area contributed by atoms with Crippen LogP contribution in [0.15, 0.2) is 18.2 Å². The van der Waals surface area contributed by atoms with Gasteiger partial charge < -0.3 is 14.9 Å². The third-order valence-electron chi connectivity index (χ3n) is 1.43. The van der Waals surface area contributed by atoms with E-state index < -0.39 is 5.97 Å². The molecule has 0 aliphatic carbocycles. The predicted octanol–water partition coefficient (Wildman–Crippen LogP) is 1.72. The number of carbonyl (C=O) groups is 1. The van der Waals surface area contributed by atoms with Gasteiger partial charge in [0.15, 0.2) is 0 Å². The summed E-state index contributed by atoms with van der Waals surface area (Å²) < 4.78 is 4.79. The second-order valence-corrected chi connectivity index (χ2v) is 2.19. The summed E-state index contributed by atoms with van der Waals surface area (Å²) in [5.41, 5.74) is -0.158. The Hall–Kier alpha value is -0.980. The molecule has 0 amide bonds. The van der Waals surface area contributed by atoms with Crippen LogP contribution in [0.2, 0.25) is 0 Å². The third-order valence-corrected chi connectivity index (χ3v) is 1.43. The monoisotopic (exact) mass is 296 g/mol. The molecule has 13 heavy (non-hydrogen) atoms. The molecular formula is C8H9IO4. The summed E-state index contributed by atoms with van der Waals surface area (Å²) in [5.74, 6) is -1.03. The van der Waals surface area contributed by atoms with Gasteiger partial charge in [-0.3, -0.25) is 0 Å². The maximum absolute atomic E-state index is 10.5. The fourth-order valence-electron chi connectivity index (χ4n) is 0.813. The average molecular weight is 296 g/mol. The van der Waals surface area contributed by atoms with E-state index in [-0.39, 0.29) is 35.3 Å². The van der Waals surface area contributed by atoms with Gasteiger partial charge in [-0.2, -0.15) is 0 Å². The van der Waals surface area contributed by atoms with Gasteiger partial charge in [0.1, 0.15) is 17.1 Å². The van der Waals surface area contributed by atoms with Crippen molar-refractivity contribution in [3.63, 3.8) is 0 Å². The smallest absolute Gasteiger partial charge is 0.339 e. The first-order valence-electron chi connectivity index (χ1n) is 3.25. The maximum atomic E-state index is 10.5. The zero-order valence-corrected chi connectivity index (χ0v) is 9.18. The Morgan fingerprint density at radius 1 is 1.46 bits per heavy atom. The SMILES string of the molecule is COc1ccc(O)c(C(=O)O)c1.I. The second-order valence-electron chi connectivity index (χ2n) is 2.19. The van der Waals surface area contributed by atoms with Crippen molar-refractivity contribution in [2.24, 2.45) is 0 Å². The molecule has 0 saturated carbocycles. The number of rotatable bonds is 2. The number of phenols is 1. The molecule has 72 valence electrons. The number of aromatic carboxylic acids is 1. The minimum absolute atomic E-state index is 0. The molecule has 0 fully saturated rings. The van der Waals surface area contributed by atoms with Gasteiger partial charge in [0, 0.05) is 0 Å². The second kappa shape index (κ2) is 4.90. The number of methoxy groups -OCH3 is 1. The van der Waals surface area contributed by atoms with Crippen LogP contribution in [0.25, 0.3) is 0 Å². The van der Waals surface area contributed by atoms with Crippen molar-refractivity contribution in [2.75, 3.05) is 7.11 Å². The van der Waals surface area contributed by atoms with Gasteiger partial charge in [-0.25, -0.2) is 4.79 Å². The van der Waals surface area contributed by atoms with Crippen molar-refractivity contribution in [1.29, 1.82) is 0 Å². The number of benzene rings is 1. The number of ether oxygens (including phenoxy) is 1. The van der Waals surface area contributed by atoms with Crippen LogP contribution < -0.4 is 4.74 Å². The van der Waals surface area contributed by atoms with Crippen LogP contribution in [0.1, 0.15) is 10.4 Å². The number of carboxylic acid groups (broad SMARTS) is 1. The fourth-order valence-corrected chi connectivity index (χ4v) is 0.813. The highest BCUT2D eigenvalue weighted by molar-refractivity contribution is 14.0. The first-order valence-corrected chi connectivity index (χ1v) is 3.25. The van der Waals surface area contributed by atoms with E-state index in [2.05, 4.69) is 0 Å². The molecule has 0 bridgehead atoms. The molecule has 0 radical (unpaired) electrons. The molecule has 0 spiro atoms. The van der Waals surface area contributed by atoms with Crippen molar-refractivity contribution < 1.29 is 19.7 Å². The molecule has 0 unspecified atom stereocenters. The molecule has 1 aromatic rings. The number of aromatic hydroxyl groups is 1. The minimum Gasteiger partial charge on any atom is -0.507 e. The number of hydrogen-bond donors (Lipinski definition) is 2. The zero-order chi connectivity index (χ0) is 9.14. The van der Waals surface area contributed by atoms with Crippen molar-refractivity contribution in [2.45, 2.75) is 0 Å². The van der Waals surface area contributed by atoms with Crippen molar-refractivity contribution in [1.82, 2.24) is 0 Å². The molecule has 0 saturated heterocycles. The van der Waals surface area contributed by atoms with Gasteiger partial charge in [-0.15, -0.1) is 24.0 Å². The third kappa shape index (κ3) is 2.76. The van der Waals surface area contributed by atoms with E-state index in [1.807, 2.05) is 0 Å². The summed E-state index contributed by atoms with van der Waals surface area (Å²) in [6.45, 7) is 0. The number of hydrogen-bond acceptors (Lipinski definition) is 3. The molecular weight excluding hydrogens is 287 g/mol. The van der Waals surface area contributed by atoms with Crippen LogP contribution in [0.4, 0.5) is 0 Å². The topological polar surface area (TPSA) is 66.8 Å². The Morgan fingerprint density at radius 3 is 2.54 bits per heavy atom. The Balaban J connectivity index is 0.00000144. The summed E-state index contributed by atoms with van der Waals surface area (Å²) >= 11 is 0. The Labute approximate surface area is 92.2 Å². The summed E-state index contributed by atoms with van der Waals surface area (Å²) in [6.07, 6.45) is 0. The Kier molecular flexibility index (Phi) is 4.53. The quantitative estimate of drug-likeness (QED) is 0.815. The van der Waals surface area contributed by atoms with Gasteiger partial charge in [0.2, 0.25) is 0 Å². The lowest BCUT2D eigenvalue weighted by atomic mass is 10.2. The van der Waals surface area contributed by atoms with Gasteiger partial charge in [0.05, 0.1) is 7.11 Å². The first kappa shape index (κ1) is 12.0. The first-order chi connectivity index (χ1) is 5.65. The molecule has 0 atom stereocenters. The van der Waals surface area contributed by atoms with E-state index in [4.69, 9.17) is 14.9 Å². The summed E-state index contributed by atoms with van der Waals surface area (Å²) in [7, 11) is 1.43. The predicted molar refractivity (Wildman–Crippen MR) is 57.0 cm³/mol. The molecule has 1 rings (SSSR count). The van der Waals surface area contributed by atoms with Crippen LogP contribution in [-0.4, -0.2) is 23.3 Å².